The Labute approximate surface area is 371 Å². The van der Waals surface area contributed by atoms with Gasteiger partial charge >= 0.3 is 23.8 Å². The summed E-state index contributed by atoms with van der Waals surface area (Å²) in [5.74, 6) is -4.60. The molecule has 4 aromatic rings. The van der Waals surface area contributed by atoms with Gasteiger partial charge in [0, 0.05) is 84.7 Å². The van der Waals surface area contributed by atoms with Gasteiger partial charge in [-0.1, -0.05) is 30.3 Å². The monoisotopic (exact) mass is 923 g/mol. The van der Waals surface area contributed by atoms with Crippen LogP contribution in [0.15, 0.2) is 88.5 Å². The van der Waals surface area contributed by atoms with E-state index in [9.17, 15) is 63.0 Å². The van der Waals surface area contributed by atoms with Crippen molar-refractivity contribution in [1.29, 1.82) is 0 Å². The molecule has 2 aromatic carbocycles. The van der Waals surface area contributed by atoms with E-state index >= 15 is 0 Å². The molecular weight excluding hydrogens is 875 g/mol. The molecule has 2 aromatic heterocycles. The summed E-state index contributed by atoms with van der Waals surface area (Å²) in [5.41, 5.74) is 0.125. The Morgan fingerprint density at radius 1 is 0.954 bits per heavy atom. The lowest BCUT2D eigenvalue weighted by Crippen LogP contribution is -2.62. The number of benzene rings is 2. The maximum atomic E-state index is 14.1. The maximum Gasteiger partial charge on any atom is 0.405 e. The van der Waals surface area contributed by atoms with Crippen LogP contribution >= 0.6 is 0 Å². The number of aliphatic carboxylic acids is 1. The molecule has 8 atom stereocenters. The molecule has 0 spiro atoms. The van der Waals surface area contributed by atoms with Crippen LogP contribution in [-0.4, -0.2) is 135 Å². The number of urea groups is 1. The van der Waals surface area contributed by atoms with E-state index < -0.39 is 100 Å². The minimum Gasteiger partial charge on any atom is -0.508 e. The number of aliphatic hydroxyl groups excluding tert-OH is 1. The Bertz CT molecular complexity index is 2590. The summed E-state index contributed by atoms with van der Waals surface area (Å²) < 4.78 is 18.8. The summed E-state index contributed by atoms with van der Waals surface area (Å²) in [6, 6.07) is 5.30. The molecule has 1 aliphatic heterocycles. The van der Waals surface area contributed by atoms with Gasteiger partial charge in [-0.25, -0.2) is 19.2 Å². The zero-order chi connectivity index (χ0) is 47.5. The number of aliphatic hydroxyl groups is 1. The molecule has 0 saturated carbocycles. The van der Waals surface area contributed by atoms with Crippen molar-refractivity contribution in [1.82, 2.24) is 46.0 Å². The Morgan fingerprint density at radius 2 is 1.68 bits per heavy atom. The van der Waals surface area contributed by atoms with Crippen molar-refractivity contribution in [2.75, 3.05) is 19.1 Å². The number of aromatic nitrogens is 3. The van der Waals surface area contributed by atoms with E-state index in [1.54, 1.807) is 36.5 Å². The van der Waals surface area contributed by atoms with Crippen molar-refractivity contribution < 1.29 is 58.1 Å². The summed E-state index contributed by atoms with van der Waals surface area (Å²) in [6.07, 6.45) is 0.0187. The second-order valence-electron chi connectivity index (χ2n) is 15.2. The van der Waals surface area contributed by atoms with Crippen LogP contribution in [0, 0.1) is 0 Å². The molecule has 24 heteroatoms. The van der Waals surface area contributed by atoms with Gasteiger partial charge in [-0.2, -0.15) is 0 Å². The van der Waals surface area contributed by atoms with Crippen LogP contribution in [0.25, 0.3) is 10.9 Å². The second-order valence-corrected chi connectivity index (χ2v) is 16.7. The minimum atomic E-state index is -1.71. The van der Waals surface area contributed by atoms with Gasteiger partial charge in [0.1, 0.15) is 41.8 Å². The van der Waals surface area contributed by atoms with E-state index in [1.807, 2.05) is 4.98 Å². The first-order valence-electron chi connectivity index (χ1n) is 20.0. The van der Waals surface area contributed by atoms with Crippen molar-refractivity contribution in [3.8, 4) is 5.75 Å². The maximum absolute atomic E-state index is 14.1. The summed E-state index contributed by atoms with van der Waals surface area (Å²) >= 11 is 0. The van der Waals surface area contributed by atoms with Crippen molar-refractivity contribution >= 4 is 57.5 Å². The number of para-hydroxylation sites is 1. The van der Waals surface area contributed by atoms with Gasteiger partial charge in [-0.15, -0.1) is 0 Å². The van der Waals surface area contributed by atoms with E-state index in [2.05, 4.69) is 31.6 Å². The molecule has 1 aliphatic rings. The predicted molar refractivity (Wildman–Crippen MR) is 232 cm³/mol. The van der Waals surface area contributed by atoms with Crippen LogP contribution in [-0.2, 0) is 47.6 Å². The molecule has 23 nitrogen and oxygen atoms in total. The number of fused-ring (bicyclic) bond motifs is 1. The van der Waals surface area contributed by atoms with Gasteiger partial charge < -0.3 is 61.6 Å². The number of nitrogens with zero attached hydrogens (tertiary/aromatic N) is 2. The molecule has 0 bridgehead atoms. The van der Waals surface area contributed by atoms with Crippen LogP contribution < -0.4 is 37.8 Å². The Hall–Kier alpha value is -7.47. The molecule has 11 N–H and O–H groups in total. The molecular formula is C41H49N9O14S. The summed E-state index contributed by atoms with van der Waals surface area (Å²) in [7, 11) is -0.265. The number of ether oxygens (including phenoxy) is 1. The fourth-order valence-electron chi connectivity index (χ4n) is 7.02. The number of aromatic amines is 2. The van der Waals surface area contributed by atoms with Gasteiger partial charge in [-0.05, 0) is 42.7 Å². The van der Waals surface area contributed by atoms with Crippen LogP contribution in [0.2, 0.25) is 0 Å². The van der Waals surface area contributed by atoms with Crippen molar-refractivity contribution in [3.05, 3.63) is 111 Å². The fraction of sp³-hybridized carbons (Fsp3) is 0.366. The van der Waals surface area contributed by atoms with E-state index in [0.29, 0.717) is 11.1 Å². The number of carboxylic acid groups (broad SMARTS) is 2. The molecule has 1 saturated heterocycles. The van der Waals surface area contributed by atoms with Gasteiger partial charge in [0.25, 0.3) is 5.56 Å². The lowest BCUT2D eigenvalue weighted by molar-refractivity contribution is -0.139. The number of nitrogens with one attached hydrogen (secondary N) is 7. The average Bonchev–Trinajstić information content (AvgIpc) is 3.83. The number of carboxylic acids is 1. The fourth-order valence-corrected chi connectivity index (χ4v) is 7.59. The number of H-pyrrole nitrogens is 2. The van der Waals surface area contributed by atoms with Gasteiger partial charge in [0.2, 0.25) is 23.9 Å². The first-order chi connectivity index (χ1) is 30.8. The highest BCUT2D eigenvalue weighted by Crippen LogP contribution is 2.30. The number of carbonyl (C=O) groups excluding carboxylic acids is 4. The molecule has 0 radical (unpaired) electrons. The average molecular weight is 924 g/mol. The zero-order valence-electron chi connectivity index (χ0n) is 35.2. The number of likely N-dealkylation sites (N-methyl/N-ethyl adjacent to an activating group) is 1. The Kier molecular flexibility index (Phi) is 16.2. The smallest absolute Gasteiger partial charge is 0.405 e. The number of hydrogen-bond donors (Lipinski definition) is 11. The van der Waals surface area contributed by atoms with E-state index in [1.165, 1.54) is 38.4 Å². The highest BCUT2D eigenvalue weighted by atomic mass is 32.2. The normalized spacial score (nSPS) is 17.9. The quantitative estimate of drug-likeness (QED) is 0.0555. The highest BCUT2D eigenvalue weighted by Gasteiger charge is 2.38. The minimum absolute atomic E-state index is 0.0461. The molecule has 5 rings (SSSR count). The molecule has 0 aliphatic carbocycles. The third-order valence-electron chi connectivity index (χ3n) is 10.5. The second kappa shape index (κ2) is 21.7. The number of aromatic hydroxyl groups is 1. The topological polar surface area (TPSA) is 344 Å². The molecule has 3 heterocycles. The number of hydrogen-bond acceptors (Lipinski definition) is 12. The third kappa shape index (κ3) is 13.0. The Morgan fingerprint density at radius 3 is 2.35 bits per heavy atom. The van der Waals surface area contributed by atoms with Gasteiger partial charge in [-0.3, -0.25) is 32.9 Å². The highest BCUT2D eigenvalue weighted by molar-refractivity contribution is 7.84. The molecule has 1 fully saturated rings. The lowest BCUT2D eigenvalue weighted by Gasteiger charge is -2.34. The van der Waals surface area contributed by atoms with Crippen molar-refractivity contribution in [2.45, 2.75) is 75.1 Å². The number of rotatable bonds is 19. The first-order valence-corrected chi connectivity index (χ1v) is 21.7. The number of phenols is 1. The molecule has 348 valence electrons. The van der Waals surface area contributed by atoms with Crippen molar-refractivity contribution in [2.24, 2.45) is 0 Å². The van der Waals surface area contributed by atoms with Crippen LogP contribution in [0.4, 0.5) is 9.59 Å². The number of phenolic OH excluding ortho intramolecular Hbond substituents is 1. The van der Waals surface area contributed by atoms with Crippen LogP contribution in [0.3, 0.4) is 0 Å². The summed E-state index contributed by atoms with van der Waals surface area (Å²) in [5, 5.41) is 52.8. The van der Waals surface area contributed by atoms with Gasteiger partial charge in [0.15, 0.2) is 0 Å². The SMILES string of the molecule is CC(C(NC(=O)C(CCS(C)=O)NC(=O)NC(Cc1c[nH]c2ccccc12)C(=O)O)C(=O)NC=C1CC(O)C(n2ccc(=O)[nH]c2=O)O1)N(C)C(=O)C(Cc1cccc(O)c1)NC(=O)O. The van der Waals surface area contributed by atoms with E-state index in [4.69, 9.17) is 4.74 Å². The number of amides is 6. The summed E-state index contributed by atoms with van der Waals surface area (Å²) in [6.45, 7) is 1.36. The zero-order valence-corrected chi connectivity index (χ0v) is 36.0. The van der Waals surface area contributed by atoms with E-state index in [0.717, 1.165) is 38.8 Å². The largest absolute Gasteiger partial charge is 0.508 e. The molecule has 65 heavy (non-hydrogen) atoms. The van der Waals surface area contributed by atoms with Crippen LogP contribution in [0.1, 0.15) is 37.1 Å². The predicted octanol–water partition coefficient (Wildman–Crippen LogP) is -0.696. The van der Waals surface area contributed by atoms with Gasteiger partial charge in [0.05, 0.1) is 6.04 Å². The lowest BCUT2D eigenvalue weighted by atomic mass is 10.0. The standard InChI is InChI=1S/C41H49N9O14S/c1-21(49(2)36(56)29(46-41(61)62)16-22-7-6-8-24(51)15-22)33(35(55)43-20-25-18-31(52)37(64-25)50-13-11-32(53)47-40(50)60)48-34(54)28(12-14-65(3)63)44-39(59)45-30(38(57)58)17-23-19-42-27-10-5-4-9-26(23)27/h4-11,13,15,19-21,28-31,33,37,42,46,51-52H,12,14,16-18H2,1-3H3,(H,43,55)(H,48,54)(H,57,58)(H,61,62)(H2,44,45,59)(H,47,53,60). The first kappa shape index (κ1) is 48.6. The molecule has 8 unspecified atom stereocenters. The summed E-state index contributed by atoms with van der Waals surface area (Å²) in [4.78, 5) is 110. The number of carbonyl (C=O) groups is 6. The molecule has 6 amide bonds. The van der Waals surface area contributed by atoms with Crippen LogP contribution in [0.5, 0.6) is 5.75 Å². The Balaban J connectivity index is 1.40. The van der Waals surface area contributed by atoms with Crippen molar-refractivity contribution in [3.63, 3.8) is 0 Å². The van der Waals surface area contributed by atoms with E-state index in [-0.39, 0.29) is 42.9 Å². The third-order valence-corrected chi connectivity index (χ3v) is 11.3.